The fourth-order valence-electron chi connectivity index (χ4n) is 3.59. The number of halogens is 1. The van der Waals surface area contributed by atoms with E-state index in [1.165, 1.54) is 12.3 Å². The summed E-state index contributed by atoms with van der Waals surface area (Å²) in [5.74, 6) is 0.624. The first-order valence-corrected chi connectivity index (χ1v) is 11.9. The number of hydrogen-bond acceptors (Lipinski definition) is 7. The first kappa shape index (κ1) is 25.1. The van der Waals surface area contributed by atoms with Crippen LogP contribution in [0.4, 0.5) is 5.69 Å². The molecule has 1 aromatic heterocycles. The summed E-state index contributed by atoms with van der Waals surface area (Å²) in [6.07, 6.45) is 1.36. The maximum absolute atomic E-state index is 13.0. The number of nitrogens with zero attached hydrogens (tertiary/aromatic N) is 4. The summed E-state index contributed by atoms with van der Waals surface area (Å²) in [6, 6.07) is 15.8. The lowest BCUT2D eigenvalue weighted by Crippen LogP contribution is -2.20. The Labute approximate surface area is 215 Å². The number of nitro groups is 1. The Kier molecular flexibility index (Phi) is 7.44. The molecule has 10 heteroatoms. The van der Waals surface area contributed by atoms with Crippen LogP contribution in [0.15, 0.2) is 69.0 Å². The van der Waals surface area contributed by atoms with Crippen LogP contribution in [0, 0.1) is 24.0 Å². The molecule has 9 nitrogen and oxygen atoms in total. The first-order valence-electron chi connectivity index (χ1n) is 11.1. The van der Waals surface area contributed by atoms with Crippen LogP contribution in [-0.4, -0.2) is 27.4 Å². The van der Waals surface area contributed by atoms with Crippen molar-refractivity contribution in [2.24, 2.45) is 5.10 Å². The molecule has 0 saturated carbocycles. The highest BCUT2D eigenvalue weighted by molar-refractivity contribution is 9.10. The van der Waals surface area contributed by atoms with Gasteiger partial charge in [0.1, 0.15) is 12.4 Å². The molecule has 4 rings (SSSR count). The van der Waals surface area contributed by atoms with E-state index < -0.39 is 4.92 Å². The smallest absolute Gasteiger partial charge is 0.315 e. The van der Waals surface area contributed by atoms with Gasteiger partial charge < -0.3 is 9.47 Å². The SMILES string of the molecule is CCOc1cc(C=Nn2c(C)nc3ccc(Br)cc3c2=O)cc([N+](=O)[O-])c1OCc1ccc(C)cc1. The monoisotopic (exact) mass is 550 g/mol. The van der Waals surface area contributed by atoms with Gasteiger partial charge in [-0.3, -0.25) is 14.9 Å². The average molecular weight is 551 g/mol. The van der Waals surface area contributed by atoms with Crippen molar-refractivity contribution >= 4 is 38.7 Å². The van der Waals surface area contributed by atoms with Crippen molar-refractivity contribution in [2.75, 3.05) is 6.61 Å². The second kappa shape index (κ2) is 10.7. The van der Waals surface area contributed by atoms with Gasteiger partial charge >= 0.3 is 5.69 Å². The Morgan fingerprint density at radius 2 is 1.86 bits per heavy atom. The molecule has 0 unspecified atom stereocenters. The number of nitro benzene ring substituents is 1. The number of rotatable bonds is 8. The zero-order valence-electron chi connectivity index (χ0n) is 19.9. The van der Waals surface area contributed by atoms with Gasteiger partial charge in [0, 0.05) is 16.1 Å². The van der Waals surface area contributed by atoms with Crippen LogP contribution in [0.5, 0.6) is 11.5 Å². The summed E-state index contributed by atoms with van der Waals surface area (Å²) < 4.78 is 13.4. The van der Waals surface area contributed by atoms with Gasteiger partial charge in [0.05, 0.1) is 28.6 Å². The van der Waals surface area contributed by atoms with E-state index >= 15 is 0 Å². The number of fused-ring (bicyclic) bond motifs is 1. The normalized spacial score (nSPS) is 11.2. The molecule has 0 amide bonds. The van der Waals surface area contributed by atoms with Gasteiger partial charge in [0.2, 0.25) is 5.75 Å². The third kappa shape index (κ3) is 5.44. The second-order valence-electron chi connectivity index (χ2n) is 8.01. The van der Waals surface area contributed by atoms with E-state index in [1.54, 1.807) is 38.1 Å². The maximum atomic E-state index is 13.0. The molecule has 4 aromatic rings. The Morgan fingerprint density at radius 1 is 1.11 bits per heavy atom. The van der Waals surface area contributed by atoms with E-state index in [9.17, 15) is 14.9 Å². The van der Waals surface area contributed by atoms with Crippen LogP contribution >= 0.6 is 15.9 Å². The van der Waals surface area contributed by atoms with Gasteiger partial charge in [-0.15, -0.1) is 0 Å². The average Bonchev–Trinajstić information content (AvgIpc) is 2.84. The van der Waals surface area contributed by atoms with E-state index in [-0.39, 0.29) is 36.0 Å². The van der Waals surface area contributed by atoms with Gasteiger partial charge in [-0.1, -0.05) is 45.8 Å². The minimum absolute atomic E-state index is 0.0325. The minimum Gasteiger partial charge on any atom is -0.490 e. The summed E-state index contributed by atoms with van der Waals surface area (Å²) in [4.78, 5) is 28.8. The van der Waals surface area contributed by atoms with E-state index in [0.29, 0.717) is 22.3 Å². The standard InChI is InChI=1S/C26H23BrN4O5/c1-4-35-24-12-19(11-23(31(33)34)25(24)36-15-18-7-5-16(2)6-8-18)14-28-30-17(3)29-22-10-9-20(27)13-21(22)26(30)32/h5-14H,4,15H2,1-3H3. The van der Waals surface area contributed by atoms with E-state index in [4.69, 9.17) is 9.47 Å². The number of benzene rings is 3. The molecular formula is C26H23BrN4O5. The zero-order valence-corrected chi connectivity index (χ0v) is 21.5. The molecule has 0 spiro atoms. The van der Waals surface area contributed by atoms with Crippen LogP contribution in [0.1, 0.15) is 29.4 Å². The third-order valence-electron chi connectivity index (χ3n) is 5.35. The summed E-state index contributed by atoms with van der Waals surface area (Å²) in [6.45, 7) is 5.84. The van der Waals surface area contributed by atoms with Crippen molar-refractivity contribution in [3.63, 3.8) is 0 Å². The van der Waals surface area contributed by atoms with Crippen LogP contribution in [0.2, 0.25) is 0 Å². The van der Waals surface area contributed by atoms with Crippen LogP contribution < -0.4 is 15.0 Å². The molecule has 0 N–H and O–H groups in total. The lowest BCUT2D eigenvalue weighted by Gasteiger charge is -2.13. The molecule has 0 aliphatic rings. The second-order valence-corrected chi connectivity index (χ2v) is 8.93. The quantitative estimate of drug-likeness (QED) is 0.162. The van der Waals surface area contributed by atoms with E-state index in [2.05, 4.69) is 26.0 Å². The Balaban J connectivity index is 1.72. The fraction of sp³-hybridized carbons (Fsp3) is 0.192. The predicted molar refractivity (Wildman–Crippen MR) is 141 cm³/mol. The first-order chi connectivity index (χ1) is 17.3. The molecule has 36 heavy (non-hydrogen) atoms. The summed E-state index contributed by atoms with van der Waals surface area (Å²) in [5.41, 5.74) is 2.27. The van der Waals surface area contributed by atoms with Crippen LogP contribution in [-0.2, 0) is 6.61 Å². The number of aromatic nitrogens is 2. The number of aryl methyl sites for hydroxylation is 2. The van der Waals surface area contributed by atoms with Gasteiger partial charge in [-0.05, 0) is 50.6 Å². The van der Waals surface area contributed by atoms with Crippen LogP contribution in [0.25, 0.3) is 10.9 Å². The Hall–Kier alpha value is -4.05. The highest BCUT2D eigenvalue weighted by Crippen LogP contribution is 2.38. The van der Waals surface area contributed by atoms with Crippen molar-refractivity contribution in [3.05, 3.63) is 102 Å². The molecule has 0 aliphatic heterocycles. The third-order valence-corrected chi connectivity index (χ3v) is 5.84. The largest absolute Gasteiger partial charge is 0.490 e. The summed E-state index contributed by atoms with van der Waals surface area (Å²) in [7, 11) is 0. The Bertz CT molecular complexity index is 1530. The number of hydrogen-bond donors (Lipinski definition) is 0. The molecule has 0 bridgehead atoms. The van der Waals surface area contributed by atoms with Crippen molar-refractivity contribution in [3.8, 4) is 11.5 Å². The molecule has 0 atom stereocenters. The van der Waals surface area contributed by atoms with Gasteiger partial charge in [0.25, 0.3) is 5.56 Å². The zero-order chi connectivity index (χ0) is 25.8. The van der Waals surface area contributed by atoms with E-state index in [0.717, 1.165) is 20.3 Å². The minimum atomic E-state index is -0.531. The highest BCUT2D eigenvalue weighted by atomic mass is 79.9. The lowest BCUT2D eigenvalue weighted by molar-refractivity contribution is -0.386. The highest BCUT2D eigenvalue weighted by Gasteiger charge is 2.23. The lowest BCUT2D eigenvalue weighted by atomic mass is 10.1. The predicted octanol–water partition coefficient (Wildman–Crippen LogP) is 5.54. The van der Waals surface area contributed by atoms with E-state index in [1.807, 2.05) is 31.2 Å². The molecule has 0 fully saturated rings. The molecule has 184 valence electrons. The van der Waals surface area contributed by atoms with Crippen molar-refractivity contribution in [1.29, 1.82) is 0 Å². The molecule has 1 heterocycles. The van der Waals surface area contributed by atoms with Crippen LogP contribution in [0.3, 0.4) is 0 Å². The van der Waals surface area contributed by atoms with Gasteiger partial charge in [-0.25, -0.2) is 4.98 Å². The fourth-order valence-corrected chi connectivity index (χ4v) is 3.95. The molecular weight excluding hydrogens is 528 g/mol. The molecule has 0 radical (unpaired) electrons. The summed E-state index contributed by atoms with van der Waals surface area (Å²) >= 11 is 3.36. The van der Waals surface area contributed by atoms with Gasteiger partial charge in [-0.2, -0.15) is 9.78 Å². The topological polar surface area (TPSA) is 109 Å². The van der Waals surface area contributed by atoms with Crippen molar-refractivity contribution in [2.45, 2.75) is 27.4 Å². The van der Waals surface area contributed by atoms with Gasteiger partial charge in [0.15, 0.2) is 5.75 Å². The van der Waals surface area contributed by atoms with Crippen molar-refractivity contribution < 1.29 is 14.4 Å². The number of ether oxygens (including phenoxy) is 2. The molecule has 0 saturated heterocycles. The Morgan fingerprint density at radius 3 is 2.56 bits per heavy atom. The molecule has 0 aliphatic carbocycles. The van der Waals surface area contributed by atoms with Crippen molar-refractivity contribution in [1.82, 2.24) is 9.66 Å². The maximum Gasteiger partial charge on any atom is 0.315 e. The molecule has 3 aromatic carbocycles. The summed E-state index contributed by atoms with van der Waals surface area (Å²) in [5, 5.41) is 16.6.